The van der Waals surface area contributed by atoms with E-state index in [9.17, 15) is 4.79 Å². The molecule has 0 aromatic heterocycles. The molecule has 0 N–H and O–H groups in total. The van der Waals surface area contributed by atoms with Gasteiger partial charge in [-0.15, -0.1) is 6.58 Å². The summed E-state index contributed by atoms with van der Waals surface area (Å²) in [6, 6.07) is 0. The molecule has 11 heavy (non-hydrogen) atoms. The third kappa shape index (κ3) is 1.70. The molecular weight excluding hydrogens is 136 g/mol. The van der Waals surface area contributed by atoms with Crippen LogP contribution in [0.1, 0.15) is 39.0 Å². The van der Waals surface area contributed by atoms with E-state index in [-0.39, 0.29) is 5.41 Å². The van der Waals surface area contributed by atoms with Crippen LogP contribution in [0.25, 0.3) is 0 Å². The van der Waals surface area contributed by atoms with Gasteiger partial charge in [0.05, 0.1) is 0 Å². The summed E-state index contributed by atoms with van der Waals surface area (Å²) < 4.78 is 0. The van der Waals surface area contributed by atoms with Crippen molar-refractivity contribution in [2.24, 2.45) is 5.41 Å². The zero-order chi connectivity index (χ0) is 8.32. The summed E-state index contributed by atoms with van der Waals surface area (Å²) in [6.07, 6.45) is 6.85. The molecule has 62 valence electrons. The van der Waals surface area contributed by atoms with Crippen molar-refractivity contribution >= 4 is 5.78 Å². The van der Waals surface area contributed by atoms with Crippen LogP contribution >= 0.6 is 0 Å². The number of hydrogen-bond acceptors (Lipinski definition) is 1. The van der Waals surface area contributed by atoms with Gasteiger partial charge in [0.2, 0.25) is 0 Å². The van der Waals surface area contributed by atoms with Crippen LogP contribution < -0.4 is 0 Å². The molecule has 0 amide bonds. The summed E-state index contributed by atoms with van der Waals surface area (Å²) in [7, 11) is 0. The smallest absolute Gasteiger partial charge is 0.139 e. The maximum atomic E-state index is 11.5. The largest absolute Gasteiger partial charge is 0.299 e. The van der Waals surface area contributed by atoms with Crippen LogP contribution in [-0.4, -0.2) is 5.78 Å². The van der Waals surface area contributed by atoms with E-state index in [1.807, 2.05) is 6.08 Å². The molecule has 0 spiro atoms. The number of Topliss-reactive ketones (excluding diaryl/α,β-unsaturated/α-hetero) is 1. The Kier molecular flexibility index (Phi) is 2.48. The van der Waals surface area contributed by atoms with Crippen LogP contribution in [-0.2, 0) is 4.79 Å². The number of rotatable bonds is 2. The Bertz CT molecular complexity index is 172. The molecule has 0 heterocycles. The second-order valence-corrected chi connectivity index (χ2v) is 3.68. The SMILES string of the molecule is C=CCC1(C)CCCCC1=O. The maximum Gasteiger partial charge on any atom is 0.139 e. The van der Waals surface area contributed by atoms with Crippen LogP contribution in [0.5, 0.6) is 0 Å². The van der Waals surface area contributed by atoms with E-state index in [4.69, 9.17) is 0 Å². The minimum absolute atomic E-state index is 0.0694. The molecule has 0 aromatic rings. The lowest BCUT2D eigenvalue weighted by molar-refractivity contribution is -0.130. The van der Waals surface area contributed by atoms with E-state index in [2.05, 4.69) is 13.5 Å². The monoisotopic (exact) mass is 152 g/mol. The fraction of sp³-hybridized carbons (Fsp3) is 0.700. The molecule has 0 saturated heterocycles. The number of allylic oxidation sites excluding steroid dienone is 1. The molecule has 1 unspecified atom stereocenters. The van der Waals surface area contributed by atoms with Gasteiger partial charge in [0.15, 0.2) is 0 Å². The lowest BCUT2D eigenvalue weighted by atomic mass is 9.72. The molecule has 1 saturated carbocycles. The predicted molar refractivity (Wildman–Crippen MR) is 46.4 cm³/mol. The van der Waals surface area contributed by atoms with Gasteiger partial charge in [-0.3, -0.25) is 4.79 Å². The molecule has 0 bridgehead atoms. The first-order valence-corrected chi connectivity index (χ1v) is 4.33. The molecule has 1 nitrogen and oxygen atoms in total. The molecule has 1 heteroatoms. The molecular formula is C10H16O. The number of ketones is 1. The van der Waals surface area contributed by atoms with Gasteiger partial charge in [0, 0.05) is 11.8 Å². The van der Waals surface area contributed by atoms with Crippen molar-refractivity contribution in [1.82, 2.24) is 0 Å². The first-order chi connectivity index (χ1) is 5.19. The summed E-state index contributed by atoms with van der Waals surface area (Å²) in [5, 5.41) is 0. The maximum absolute atomic E-state index is 11.5. The second kappa shape index (κ2) is 3.21. The highest BCUT2D eigenvalue weighted by atomic mass is 16.1. The topological polar surface area (TPSA) is 17.1 Å². The summed E-state index contributed by atoms with van der Waals surface area (Å²) in [5.41, 5.74) is -0.0694. The van der Waals surface area contributed by atoms with Crippen LogP contribution in [0, 0.1) is 5.41 Å². The van der Waals surface area contributed by atoms with Crippen LogP contribution in [0.15, 0.2) is 12.7 Å². The third-order valence-electron chi connectivity index (χ3n) is 2.65. The van der Waals surface area contributed by atoms with Crippen molar-refractivity contribution in [2.75, 3.05) is 0 Å². The second-order valence-electron chi connectivity index (χ2n) is 3.68. The molecule has 0 aromatic carbocycles. The van der Waals surface area contributed by atoms with Crippen molar-refractivity contribution in [3.05, 3.63) is 12.7 Å². The van der Waals surface area contributed by atoms with Crippen LogP contribution in [0.3, 0.4) is 0 Å². The minimum Gasteiger partial charge on any atom is -0.299 e. The molecule has 1 rings (SSSR count). The standard InChI is InChI=1S/C10H16O/c1-3-7-10(2)8-5-4-6-9(10)11/h3H,1,4-8H2,2H3. The van der Waals surface area contributed by atoms with Crippen molar-refractivity contribution in [1.29, 1.82) is 0 Å². The van der Waals surface area contributed by atoms with Gasteiger partial charge in [0.1, 0.15) is 5.78 Å². The van der Waals surface area contributed by atoms with Gasteiger partial charge in [-0.2, -0.15) is 0 Å². The summed E-state index contributed by atoms with van der Waals surface area (Å²) in [4.78, 5) is 11.5. The Labute approximate surface area is 68.5 Å². The van der Waals surface area contributed by atoms with Crippen molar-refractivity contribution < 1.29 is 4.79 Å². The van der Waals surface area contributed by atoms with Gasteiger partial charge in [0.25, 0.3) is 0 Å². The highest BCUT2D eigenvalue weighted by molar-refractivity contribution is 5.85. The quantitative estimate of drug-likeness (QED) is 0.556. The zero-order valence-corrected chi connectivity index (χ0v) is 7.23. The summed E-state index contributed by atoms with van der Waals surface area (Å²) in [5.74, 6) is 0.434. The number of hydrogen-bond donors (Lipinski definition) is 0. The first kappa shape index (κ1) is 8.51. The fourth-order valence-electron chi connectivity index (χ4n) is 1.78. The Morgan fingerprint density at radius 3 is 2.91 bits per heavy atom. The van der Waals surface area contributed by atoms with E-state index in [0.29, 0.717) is 5.78 Å². The van der Waals surface area contributed by atoms with Gasteiger partial charge < -0.3 is 0 Å². The predicted octanol–water partition coefficient (Wildman–Crippen LogP) is 2.71. The van der Waals surface area contributed by atoms with E-state index in [1.165, 1.54) is 6.42 Å². The number of carbonyl (C=O) groups excluding carboxylic acids is 1. The molecule has 0 radical (unpaired) electrons. The zero-order valence-electron chi connectivity index (χ0n) is 7.23. The third-order valence-corrected chi connectivity index (χ3v) is 2.65. The van der Waals surface area contributed by atoms with Crippen molar-refractivity contribution in [3.8, 4) is 0 Å². The molecule has 1 atom stereocenters. The van der Waals surface area contributed by atoms with Gasteiger partial charge in [-0.05, 0) is 19.3 Å². The number of carbonyl (C=O) groups is 1. The molecule has 1 aliphatic carbocycles. The van der Waals surface area contributed by atoms with Gasteiger partial charge in [-0.1, -0.05) is 19.4 Å². The molecule has 1 fully saturated rings. The first-order valence-electron chi connectivity index (χ1n) is 4.33. The Hall–Kier alpha value is -0.590. The van der Waals surface area contributed by atoms with Crippen molar-refractivity contribution in [3.63, 3.8) is 0 Å². The lowest BCUT2D eigenvalue weighted by Gasteiger charge is -2.30. The van der Waals surface area contributed by atoms with Gasteiger partial charge in [-0.25, -0.2) is 0 Å². The highest BCUT2D eigenvalue weighted by Gasteiger charge is 2.33. The molecule has 1 aliphatic rings. The summed E-state index contributed by atoms with van der Waals surface area (Å²) >= 11 is 0. The average Bonchev–Trinajstić information content (AvgIpc) is 1.96. The van der Waals surface area contributed by atoms with Crippen molar-refractivity contribution in [2.45, 2.75) is 39.0 Å². The van der Waals surface area contributed by atoms with E-state index < -0.39 is 0 Å². The van der Waals surface area contributed by atoms with E-state index in [0.717, 1.165) is 25.7 Å². The van der Waals surface area contributed by atoms with E-state index in [1.54, 1.807) is 0 Å². The normalized spacial score (nSPS) is 31.9. The van der Waals surface area contributed by atoms with Crippen LogP contribution in [0.4, 0.5) is 0 Å². The highest BCUT2D eigenvalue weighted by Crippen LogP contribution is 2.35. The Morgan fingerprint density at radius 1 is 1.64 bits per heavy atom. The van der Waals surface area contributed by atoms with E-state index >= 15 is 0 Å². The minimum atomic E-state index is -0.0694. The average molecular weight is 152 g/mol. The fourth-order valence-corrected chi connectivity index (χ4v) is 1.78. The van der Waals surface area contributed by atoms with Crippen LogP contribution in [0.2, 0.25) is 0 Å². The lowest BCUT2D eigenvalue weighted by Crippen LogP contribution is -2.30. The summed E-state index contributed by atoms with van der Waals surface area (Å²) in [6.45, 7) is 5.75. The molecule has 0 aliphatic heterocycles. The Morgan fingerprint density at radius 2 is 2.36 bits per heavy atom. The Balaban J connectivity index is 2.64. The van der Waals surface area contributed by atoms with Gasteiger partial charge >= 0.3 is 0 Å².